The van der Waals surface area contributed by atoms with E-state index in [0.717, 1.165) is 23.1 Å². The Hall–Kier alpha value is -5.56. The van der Waals surface area contributed by atoms with Crippen molar-refractivity contribution in [2.24, 2.45) is 0 Å². The van der Waals surface area contributed by atoms with Crippen LogP contribution in [0.2, 0.25) is 5.02 Å². The van der Waals surface area contributed by atoms with Crippen LogP contribution in [0.5, 0.6) is 17.2 Å². The van der Waals surface area contributed by atoms with Gasteiger partial charge in [0.1, 0.15) is 5.57 Å². The summed E-state index contributed by atoms with van der Waals surface area (Å²) >= 11 is 6.00. The van der Waals surface area contributed by atoms with E-state index < -0.39 is 39.1 Å². The van der Waals surface area contributed by atoms with Gasteiger partial charge in [-0.2, -0.15) is 0 Å². The average molecular weight is 579 g/mol. The van der Waals surface area contributed by atoms with Crippen LogP contribution in [0.15, 0.2) is 72.8 Å². The number of hydrogen-bond acceptors (Lipinski definition) is 9. The van der Waals surface area contributed by atoms with Crippen molar-refractivity contribution in [3.63, 3.8) is 0 Å². The molecule has 1 fully saturated rings. The number of barbiturate groups is 1. The van der Waals surface area contributed by atoms with Crippen LogP contribution < -0.4 is 19.7 Å². The predicted octanol–water partition coefficient (Wildman–Crippen LogP) is 5.35. The predicted molar refractivity (Wildman–Crippen MR) is 147 cm³/mol. The fourth-order valence-electron chi connectivity index (χ4n) is 3.97. The second-order valence-electron chi connectivity index (χ2n) is 8.41. The number of ether oxygens (including phenoxy) is 2. The standard InChI is InChI=1S/C27H19ClN4O9/c1-3-5-16-10-15(11-20-25(33)29-27(35)30(26(20)34)18-7-4-6-17(28)13-18)12-23(40-2)24(16)41-22-9-8-19(31(36)37)14-21(22)32(38)39/h3-4,6-14H,1,5H2,2H3,(H,29,33,35)/b20-11+. The van der Waals surface area contributed by atoms with Crippen LogP contribution in [0.3, 0.4) is 0 Å². The minimum Gasteiger partial charge on any atom is -0.493 e. The highest BCUT2D eigenvalue weighted by molar-refractivity contribution is 6.39. The molecule has 13 nitrogen and oxygen atoms in total. The molecule has 208 valence electrons. The van der Waals surface area contributed by atoms with Gasteiger partial charge in [-0.3, -0.25) is 35.1 Å². The third kappa shape index (κ3) is 5.89. The van der Waals surface area contributed by atoms with Crippen LogP contribution in [0, 0.1) is 20.2 Å². The van der Waals surface area contributed by atoms with E-state index in [1.165, 1.54) is 43.5 Å². The summed E-state index contributed by atoms with van der Waals surface area (Å²) in [6, 6.07) is 10.9. The number of nitro groups is 2. The Labute approximate surface area is 236 Å². The third-order valence-corrected chi connectivity index (χ3v) is 6.01. The third-order valence-electron chi connectivity index (χ3n) is 5.78. The van der Waals surface area contributed by atoms with Gasteiger partial charge >= 0.3 is 11.7 Å². The highest BCUT2D eigenvalue weighted by Gasteiger charge is 2.37. The van der Waals surface area contributed by atoms with E-state index in [4.69, 9.17) is 21.1 Å². The molecule has 0 atom stereocenters. The van der Waals surface area contributed by atoms with Gasteiger partial charge in [0.15, 0.2) is 11.5 Å². The zero-order valence-electron chi connectivity index (χ0n) is 21.2. The zero-order valence-corrected chi connectivity index (χ0v) is 21.9. The molecular formula is C27H19ClN4O9. The van der Waals surface area contributed by atoms with Crippen LogP contribution in [0.1, 0.15) is 11.1 Å². The topological polar surface area (TPSA) is 171 Å². The van der Waals surface area contributed by atoms with Crippen LogP contribution >= 0.6 is 11.6 Å². The smallest absolute Gasteiger partial charge is 0.335 e. The average Bonchev–Trinajstić information content (AvgIpc) is 2.92. The molecule has 1 N–H and O–H groups in total. The number of nitrogens with zero attached hydrogens (tertiary/aromatic N) is 3. The van der Waals surface area contributed by atoms with Gasteiger partial charge in [0.05, 0.1) is 28.7 Å². The molecule has 4 rings (SSSR count). The summed E-state index contributed by atoms with van der Waals surface area (Å²) < 4.78 is 11.3. The first kappa shape index (κ1) is 28.4. The first-order chi connectivity index (χ1) is 19.5. The van der Waals surface area contributed by atoms with Crippen molar-refractivity contribution in [2.75, 3.05) is 12.0 Å². The number of carbonyl (C=O) groups excluding carboxylic acids is 3. The number of carbonyl (C=O) groups is 3. The van der Waals surface area contributed by atoms with Crippen LogP contribution in [-0.2, 0) is 16.0 Å². The normalized spacial score (nSPS) is 14.0. The Morgan fingerprint density at radius 2 is 1.78 bits per heavy atom. The number of nitrogens with one attached hydrogen (secondary N) is 1. The molecule has 0 aromatic heterocycles. The SMILES string of the molecule is C=CCc1cc(/C=C2\C(=O)NC(=O)N(c3cccc(Cl)c3)C2=O)cc(OC)c1Oc1ccc([N+](=O)[O-])cc1[N+](=O)[O-]. The first-order valence-corrected chi connectivity index (χ1v) is 12.0. The van der Waals surface area contributed by atoms with Gasteiger partial charge in [0.25, 0.3) is 17.5 Å². The maximum absolute atomic E-state index is 13.3. The van der Waals surface area contributed by atoms with Crippen LogP contribution in [0.25, 0.3) is 6.08 Å². The molecule has 41 heavy (non-hydrogen) atoms. The molecular weight excluding hydrogens is 560 g/mol. The molecule has 1 heterocycles. The van der Waals surface area contributed by atoms with E-state index in [1.807, 2.05) is 0 Å². The van der Waals surface area contributed by atoms with E-state index in [-0.39, 0.29) is 40.0 Å². The number of amides is 4. The number of halogens is 1. The van der Waals surface area contributed by atoms with Gasteiger partial charge in [-0.05, 0) is 54.5 Å². The number of urea groups is 1. The summed E-state index contributed by atoms with van der Waals surface area (Å²) in [6.45, 7) is 3.70. The maximum Gasteiger partial charge on any atom is 0.335 e. The van der Waals surface area contributed by atoms with Gasteiger partial charge in [-0.15, -0.1) is 6.58 Å². The molecule has 1 saturated heterocycles. The summed E-state index contributed by atoms with van der Waals surface area (Å²) in [5, 5.41) is 25.1. The highest BCUT2D eigenvalue weighted by atomic mass is 35.5. The summed E-state index contributed by atoms with van der Waals surface area (Å²) in [4.78, 5) is 60.3. The molecule has 3 aromatic rings. The highest BCUT2D eigenvalue weighted by Crippen LogP contribution is 2.41. The lowest BCUT2D eigenvalue weighted by atomic mass is 10.0. The molecule has 0 saturated carbocycles. The van der Waals surface area contributed by atoms with Crippen molar-refractivity contribution in [1.29, 1.82) is 0 Å². The number of non-ortho nitro benzene ring substituents is 1. The van der Waals surface area contributed by atoms with Crippen molar-refractivity contribution in [1.82, 2.24) is 5.32 Å². The van der Waals surface area contributed by atoms with Gasteiger partial charge < -0.3 is 9.47 Å². The lowest BCUT2D eigenvalue weighted by Crippen LogP contribution is -2.54. The number of imide groups is 2. The fourth-order valence-corrected chi connectivity index (χ4v) is 4.16. The molecule has 4 amide bonds. The largest absolute Gasteiger partial charge is 0.493 e. The van der Waals surface area contributed by atoms with E-state index >= 15 is 0 Å². The summed E-state index contributed by atoms with van der Waals surface area (Å²) in [5.41, 5.74) is -0.668. The first-order valence-electron chi connectivity index (χ1n) is 11.6. The lowest BCUT2D eigenvalue weighted by Gasteiger charge is -2.26. The van der Waals surface area contributed by atoms with E-state index in [0.29, 0.717) is 11.1 Å². The van der Waals surface area contributed by atoms with Gasteiger partial charge in [0, 0.05) is 16.7 Å². The summed E-state index contributed by atoms with van der Waals surface area (Å²) in [5.74, 6) is -2.00. The van der Waals surface area contributed by atoms with Crippen molar-refractivity contribution < 1.29 is 33.7 Å². The number of benzene rings is 3. The molecule has 1 aliphatic heterocycles. The molecule has 0 spiro atoms. The van der Waals surface area contributed by atoms with E-state index in [9.17, 15) is 34.6 Å². The maximum atomic E-state index is 13.3. The minimum atomic E-state index is -0.946. The number of hydrogen-bond donors (Lipinski definition) is 1. The van der Waals surface area contributed by atoms with E-state index in [2.05, 4.69) is 11.9 Å². The molecule has 0 radical (unpaired) electrons. The quantitative estimate of drug-likeness (QED) is 0.115. The van der Waals surface area contributed by atoms with Crippen LogP contribution in [-0.4, -0.2) is 34.8 Å². The summed E-state index contributed by atoms with van der Waals surface area (Å²) in [6.07, 6.45) is 2.92. The number of nitro benzene ring substituents is 2. The van der Waals surface area contributed by atoms with Gasteiger partial charge in [-0.25, -0.2) is 9.69 Å². The van der Waals surface area contributed by atoms with E-state index in [1.54, 1.807) is 12.1 Å². The Bertz CT molecular complexity index is 1670. The second-order valence-corrected chi connectivity index (χ2v) is 8.85. The molecule has 1 aliphatic rings. The minimum absolute atomic E-state index is 0.0432. The number of rotatable bonds is 9. The van der Waals surface area contributed by atoms with Gasteiger partial charge in [-0.1, -0.05) is 23.7 Å². The number of anilines is 1. The Balaban J connectivity index is 1.79. The molecule has 0 bridgehead atoms. The van der Waals surface area contributed by atoms with Crippen molar-refractivity contribution in [3.8, 4) is 17.2 Å². The Kier molecular flexibility index (Phi) is 8.10. The van der Waals surface area contributed by atoms with Crippen molar-refractivity contribution in [2.45, 2.75) is 6.42 Å². The number of allylic oxidation sites excluding steroid dienone is 1. The van der Waals surface area contributed by atoms with Gasteiger partial charge in [0.2, 0.25) is 5.75 Å². The fraction of sp³-hybridized carbons (Fsp3) is 0.0741. The Morgan fingerprint density at radius 3 is 2.41 bits per heavy atom. The van der Waals surface area contributed by atoms with Crippen molar-refractivity contribution >= 4 is 52.6 Å². The molecule has 14 heteroatoms. The number of methoxy groups -OCH3 is 1. The monoisotopic (exact) mass is 578 g/mol. The zero-order chi connectivity index (χ0) is 29.8. The van der Waals surface area contributed by atoms with Crippen LogP contribution in [0.4, 0.5) is 21.9 Å². The molecule has 0 unspecified atom stereocenters. The van der Waals surface area contributed by atoms with Crippen molar-refractivity contribution in [3.05, 3.63) is 109 Å². The molecule has 0 aliphatic carbocycles. The molecule has 3 aromatic carbocycles. The Morgan fingerprint density at radius 1 is 1.02 bits per heavy atom. The lowest BCUT2D eigenvalue weighted by molar-refractivity contribution is -0.394. The second kappa shape index (κ2) is 11.7. The summed E-state index contributed by atoms with van der Waals surface area (Å²) in [7, 11) is 1.30.